The third-order valence-electron chi connectivity index (χ3n) is 9.05. The fourth-order valence-electron chi connectivity index (χ4n) is 6.42. The molecule has 0 unspecified atom stereocenters. The van der Waals surface area contributed by atoms with Crippen LogP contribution in [0.3, 0.4) is 0 Å². The zero-order valence-corrected chi connectivity index (χ0v) is 28.8. The Kier molecular flexibility index (Phi) is 12.0. The van der Waals surface area contributed by atoms with Crippen LogP contribution in [0.15, 0.2) is 85.2 Å². The number of carbonyl (C=O) groups is 2. The number of hydrogen-bond acceptors (Lipinski definition) is 8. The fourth-order valence-corrected chi connectivity index (χ4v) is 6.95. The van der Waals surface area contributed by atoms with Crippen molar-refractivity contribution in [1.29, 1.82) is 0 Å². The first-order chi connectivity index (χ1) is 23.3. The Morgan fingerprint density at radius 1 is 0.918 bits per heavy atom. The van der Waals surface area contributed by atoms with Gasteiger partial charge in [-0.3, -0.25) is 9.80 Å². The highest BCUT2D eigenvalue weighted by molar-refractivity contribution is 6.35. The molecule has 10 nitrogen and oxygen atoms in total. The van der Waals surface area contributed by atoms with E-state index < -0.39 is 18.2 Å². The standard InChI is InChI=1S/C37H37Cl2N3O6.H2O/c1-45-32-12-11-26(18-34(32)46-2)33(19-29-30(38)20-40-21-31(29)39)47-36(43)27-8-6-7-24(17-27)22-42(28-9-4-3-5-10-28)37(44)48-35-23-41-15-13-25(35)14-16-41;/h3-12,17-18,20-21,25,33,35H,13-16,19,22-23H2,1-2H3;1H2/t33-,35-;/m0./s1. The van der Waals surface area contributed by atoms with Gasteiger partial charge in [0.25, 0.3) is 0 Å². The molecule has 3 aliphatic heterocycles. The number of hydrogen-bond donors (Lipinski definition) is 0. The summed E-state index contributed by atoms with van der Waals surface area (Å²) in [4.78, 5) is 34.4. The summed E-state index contributed by atoms with van der Waals surface area (Å²) in [5, 5.41) is 0.828. The first-order valence-electron chi connectivity index (χ1n) is 15.9. The third kappa shape index (κ3) is 8.45. The summed E-state index contributed by atoms with van der Waals surface area (Å²) in [5.74, 6) is 0.863. The lowest BCUT2D eigenvalue weighted by atomic mass is 9.86. The maximum absolute atomic E-state index is 13.8. The van der Waals surface area contributed by atoms with Crippen LogP contribution in [0.2, 0.25) is 10.0 Å². The molecule has 49 heavy (non-hydrogen) atoms. The number of anilines is 1. The minimum atomic E-state index is -0.768. The Morgan fingerprint density at radius 3 is 2.29 bits per heavy atom. The van der Waals surface area contributed by atoms with Gasteiger partial charge in [0.15, 0.2) is 23.9 Å². The molecule has 2 bridgehead atoms. The van der Waals surface area contributed by atoms with E-state index in [2.05, 4.69) is 9.88 Å². The molecule has 3 aromatic carbocycles. The van der Waals surface area contributed by atoms with E-state index in [9.17, 15) is 9.59 Å². The summed E-state index contributed by atoms with van der Waals surface area (Å²) in [5.41, 5.74) is 3.07. The largest absolute Gasteiger partial charge is 0.870 e. The van der Waals surface area contributed by atoms with E-state index in [1.54, 1.807) is 61.8 Å². The van der Waals surface area contributed by atoms with Crippen molar-refractivity contribution in [2.45, 2.75) is 38.0 Å². The van der Waals surface area contributed by atoms with Crippen LogP contribution in [0, 0.1) is 5.92 Å². The van der Waals surface area contributed by atoms with E-state index in [4.69, 9.17) is 42.1 Å². The lowest BCUT2D eigenvalue weighted by molar-refractivity contribution is -0.377. The van der Waals surface area contributed by atoms with Gasteiger partial charge in [-0.05, 0) is 79.4 Å². The monoisotopic (exact) mass is 707 g/mol. The van der Waals surface area contributed by atoms with Crippen molar-refractivity contribution >= 4 is 41.0 Å². The van der Waals surface area contributed by atoms with Gasteiger partial charge in [-0.15, -0.1) is 0 Å². The lowest BCUT2D eigenvalue weighted by Gasteiger charge is -2.44. The lowest BCUT2D eigenvalue weighted by Crippen LogP contribution is -2.53. The molecule has 3 aliphatic rings. The molecule has 1 aromatic heterocycles. The summed E-state index contributed by atoms with van der Waals surface area (Å²) >= 11 is 13.0. The zero-order valence-electron chi connectivity index (χ0n) is 27.3. The van der Waals surface area contributed by atoms with Gasteiger partial charge in [0.2, 0.25) is 0 Å². The number of nitrogens with zero attached hydrogens (tertiary/aromatic N) is 2. The molecular formula is C37H39Cl2N3O7. The van der Waals surface area contributed by atoms with Crippen LogP contribution in [0.25, 0.3) is 0 Å². The van der Waals surface area contributed by atoms with Crippen molar-refractivity contribution < 1.29 is 39.0 Å². The Hall–Kier alpha value is -4.35. The van der Waals surface area contributed by atoms with Crippen molar-refractivity contribution in [1.82, 2.24) is 4.90 Å². The average Bonchev–Trinajstić information content (AvgIpc) is 3.12. The van der Waals surface area contributed by atoms with Gasteiger partial charge in [0, 0.05) is 24.2 Å². The number of nitrogens with one attached hydrogen (secondary N) is 1. The van der Waals surface area contributed by atoms with E-state index in [0.29, 0.717) is 49.8 Å². The third-order valence-corrected chi connectivity index (χ3v) is 9.73. The number of halogens is 2. The summed E-state index contributed by atoms with van der Waals surface area (Å²) < 4.78 is 23.2. The average molecular weight is 709 g/mol. The molecule has 2 atom stereocenters. The van der Waals surface area contributed by atoms with E-state index in [1.165, 1.54) is 0 Å². The molecule has 0 aliphatic carbocycles. The molecule has 2 N–H and O–H groups in total. The van der Waals surface area contributed by atoms with Crippen LogP contribution in [0.4, 0.5) is 10.5 Å². The van der Waals surface area contributed by atoms with Crippen LogP contribution in [-0.4, -0.2) is 62.4 Å². The molecule has 4 aromatic rings. The number of methoxy groups -OCH3 is 2. The first kappa shape index (κ1) is 35.9. The van der Waals surface area contributed by atoms with E-state index >= 15 is 0 Å². The Balaban J connectivity index is 0.00000468. The van der Waals surface area contributed by atoms with Crippen LogP contribution >= 0.6 is 23.2 Å². The van der Waals surface area contributed by atoms with Crippen LogP contribution < -0.4 is 19.4 Å². The molecule has 0 saturated carbocycles. The Bertz CT molecular complexity index is 1730. The molecule has 3 saturated heterocycles. The number of pyridine rings is 1. The van der Waals surface area contributed by atoms with Gasteiger partial charge in [-0.1, -0.05) is 59.6 Å². The number of amides is 1. The number of esters is 1. The van der Waals surface area contributed by atoms with Gasteiger partial charge in [-0.2, -0.15) is 0 Å². The second-order valence-corrected chi connectivity index (χ2v) is 12.8. The maximum atomic E-state index is 13.8. The second-order valence-electron chi connectivity index (χ2n) is 12.0. The Morgan fingerprint density at radius 2 is 1.63 bits per heavy atom. The van der Waals surface area contributed by atoms with E-state index in [-0.39, 0.29) is 24.5 Å². The number of rotatable bonds is 11. The summed E-state index contributed by atoms with van der Waals surface area (Å²) in [6.07, 6.45) is 4.23. The molecule has 0 spiro atoms. The molecule has 12 heteroatoms. The van der Waals surface area contributed by atoms with Gasteiger partial charge in [0.1, 0.15) is 22.3 Å². The molecular weight excluding hydrogens is 669 g/mol. The van der Waals surface area contributed by atoms with Crippen molar-refractivity contribution in [2.75, 3.05) is 38.8 Å². The van der Waals surface area contributed by atoms with E-state index in [0.717, 1.165) is 38.0 Å². The molecule has 258 valence electrons. The number of benzene rings is 3. The van der Waals surface area contributed by atoms with Gasteiger partial charge >= 0.3 is 12.1 Å². The van der Waals surface area contributed by atoms with Gasteiger partial charge < -0.3 is 24.4 Å². The second kappa shape index (κ2) is 16.4. The highest BCUT2D eigenvalue weighted by Gasteiger charge is 2.37. The van der Waals surface area contributed by atoms with Crippen LogP contribution in [0.1, 0.15) is 46.0 Å². The predicted molar refractivity (Wildman–Crippen MR) is 185 cm³/mol. The summed E-state index contributed by atoms with van der Waals surface area (Å²) in [7, 11) is 3.10. The SMILES string of the molecule is COc1ccc([C@H](Cc2c(Cl)c[nH+]cc2Cl)OC(=O)c2cccc(CN(C(=O)O[C@H]3CN4CCC3CC4)c3ccccc3)c2)cc1OC.[OH-]. The van der Waals surface area contributed by atoms with Gasteiger partial charge in [0.05, 0.1) is 26.3 Å². The molecule has 0 radical (unpaired) electrons. The molecule has 7 rings (SSSR count). The number of carbonyl (C=O) groups excluding carboxylic acids is 2. The smallest absolute Gasteiger partial charge is 0.414 e. The zero-order chi connectivity index (χ0) is 33.6. The first-order valence-corrected chi connectivity index (χ1v) is 16.7. The van der Waals surface area contributed by atoms with Crippen molar-refractivity contribution in [3.63, 3.8) is 0 Å². The molecule has 1 amide bonds. The highest BCUT2D eigenvalue weighted by atomic mass is 35.5. The van der Waals surface area contributed by atoms with Gasteiger partial charge in [-0.25, -0.2) is 14.6 Å². The number of aromatic amines is 1. The molecule has 3 fully saturated rings. The number of H-pyrrole nitrogens is 1. The number of piperidine rings is 3. The fraction of sp³-hybridized carbons (Fsp3) is 0.324. The normalized spacial score (nSPS) is 18.5. The van der Waals surface area contributed by atoms with Crippen LogP contribution in [0.5, 0.6) is 11.5 Å². The quantitative estimate of drug-likeness (QED) is 0.152. The predicted octanol–water partition coefficient (Wildman–Crippen LogP) is 7.03. The minimum Gasteiger partial charge on any atom is -0.870 e. The Labute approximate surface area is 295 Å². The maximum Gasteiger partial charge on any atom is 0.414 e. The number of ether oxygens (including phenoxy) is 4. The summed E-state index contributed by atoms with van der Waals surface area (Å²) in [6.45, 7) is 3.08. The van der Waals surface area contributed by atoms with Crippen molar-refractivity contribution in [3.05, 3.63) is 117 Å². The minimum absolute atomic E-state index is 0. The van der Waals surface area contributed by atoms with Crippen LogP contribution in [-0.2, 0) is 22.4 Å². The number of fused-ring (bicyclic) bond motifs is 3. The summed E-state index contributed by atoms with van der Waals surface area (Å²) in [6, 6.07) is 21.8. The molecule has 4 heterocycles. The number of para-hydroxylation sites is 1. The highest BCUT2D eigenvalue weighted by Crippen LogP contribution is 2.36. The van der Waals surface area contributed by atoms with Crippen molar-refractivity contribution in [3.8, 4) is 11.5 Å². The number of aromatic nitrogens is 1. The van der Waals surface area contributed by atoms with Crippen molar-refractivity contribution in [2.24, 2.45) is 5.92 Å². The van der Waals surface area contributed by atoms with E-state index in [1.807, 2.05) is 42.5 Å². The topological polar surface area (TPSA) is 122 Å².